The van der Waals surface area contributed by atoms with Gasteiger partial charge in [0, 0.05) is 12.1 Å². The molecule has 0 fully saturated rings. The molecule has 0 bridgehead atoms. The van der Waals surface area contributed by atoms with Gasteiger partial charge in [-0.1, -0.05) is 0 Å². The van der Waals surface area contributed by atoms with Gasteiger partial charge in [0.1, 0.15) is 12.2 Å². The highest BCUT2D eigenvalue weighted by Crippen LogP contribution is 2.21. The van der Waals surface area contributed by atoms with Crippen LogP contribution in [-0.4, -0.2) is 26.0 Å². The zero-order valence-corrected chi connectivity index (χ0v) is 10.2. The van der Waals surface area contributed by atoms with Crippen LogP contribution in [0, 0.1) is 10.1 Å². The number of carbonyl (C=O) groups excluding carboxylic acids is 1. The van der Waals surface area contributed by atoms with Gasteiger partial charge in [-0.25, -0.2) is 4.98 Å². The summed E-state index contributed by atoms with van der Waals surface area (Å²) in [5.41, 5.74) is 2.47. The first kappa shape index (κ1) is 13.4. The Balaban J connectivity index is 2.18. The molecule has 104 valence electrons. The van der Waals surface area contributed by atoms with Crippen molar-refractivity contribution in [2.45, 2.75) is 6.54 Å². The second kappa shape index (κ2) is 5.75. The Hall–Kier alpha value is -3.01. The van der Waals surface area contributed by atoms with E-state index in [0.29, 0.717) is 5.82 Å². The van der Waals surface area contributed by atoms with Crippen LogP contribution in [-0.2, 0) is 6.54 Å². The molecule has 1 aromatic heterocycles. The molecule has 0 aliphatic carbocycles. The van der Waals surface area contributed by atoms with Crippen LogP contribution in [0.4, 0.5) is 11.4 Å². The van der Waals surface area contributed by atoms with Gasteiger partial charge in [0.2, 0.25) is 0 Å². The quantitative estimate of drug-likeness (QED) is 0.339. The summed E-state index contributed by atoms with van der Waals surface area (Å²) < 4.78 is 0. The number of hydrogen-bond donors (Lipinski definition) is 4. The highest BCUT2D eigenvalue weighted by atomic mass is 16.6. The number of nitrogens with one attached hydrogen (secondary N) is 3. The molecule has 0 unspecified atom stereocenters. The van der Waals surface area contributed by atoms with Crippen LogP contribution in [0.15, 0.2) is 24.5 Å². The first-order chi connectivity index (χ1) is 9.61. The second-order valence-electron chi connectivity index (χ2n) is 3.75. The fourth-order valence-corrected chi connectivity index (χ4v) is 1.53. The molecule has 0 saturated heterocycles. The number of carbonyl (C=O) groups is 1. The van der Waals surface area contributed by atoms with Crippen LogP contribution < -0.4 is 16.6 Å². The van der Waals surface area contributed by atoms with Crippen molar-refractivity contribution in [3.8, 4) is 0 Å². The van der Waals surface area contributed by atoms with Crippen molar-refractivity contribution in [2.24, 2.45) is 5.84 Å². The lowest BCUT2D eigenvalue weighted by molar-refractivity contribution is -0.384. The average Bonchev–Trinajstić information content (AvgIpc) is 2.97. The number of anilines is 1. The highest BCUT2D eigenvalue weighted by Gasteiger charge is 2.16. The number of nitro benzene ring substituents is 1. The number of hydrazine groups is 1. The molecule has 0 radical (unpaired) electrons. The summed E-state index contributed by atoms with van der Waals surface area (Å²) >= 11 is 0. The number of amides is 1. The molecule has 0 aliphatic heterocycles. The minimum absolute atomic E-state index is 0.0706. The second-order valence-corrected chi connectivity index (χ2v) is 3.75. The molecule has 10 heteroatoms. The summed E-state index contributed by atoms with van der Waals surface area (Å²) in [5, 5.41) is 19.5. The van der Waals surface area contributed by atoms with E-state index in [1.54, 1.807) is 0 Å². The third-order valence-electron chi connectivity index (χ3n) is 2.50. The average molecular weight is 277 g/mol. The van der Waals surface area contributed by atoms with E-state index in [2.05, 4.69) is 25.9 Å². The maximum Gasteiger partial charge on any atom is 0.270 e. The van der Waals surface area contributed by atoms with Gasteiger partial charge in [-0.05, 0) is 6.07 Å². The fourth-order valence-electron chi connectivity index (χ4n) is 1.53. The van der Waals surface area contributed by atoms with E-state index in [1.165, 1.54) is 18.5 Å². The number of aromatic nitrogens is 3. The molecular weight excluding hydrogens is 266 g/mol. The van der Waals surface area contributed by atoms with Gasteiger partial charge in [0.05, 0.1) is 22.7 Å². The smallest absolute Gasteiger partial charge is 0.270 e. The van der Waals surface area contributed by atoms with Crippen molar-refractivity contribution in [3.05, 3.63) is 46.0 Å². The van der Waals surface area contributed by atoms with Crippen LogP contribution in [0.5, 0.6) is 0 Å². The first-order valence-corrected chi connectivity index (χ1v) is 5.49. The number of nitro groups is 1. The molecule has 0 saturated carbocycles. The number of H-pyrrole nitrogens is 1. The lowest BCUT2D eigenvalue weighted by Crippen LogP contribution is -2.25. The zero-order chi connectivity index (χ0) is 14.5. The predicted molar refractivity (Wildman–Crippen MR) is 68.5 cm³/mol. The molecule has 1 heterocycles. The SMILES string of the molecule is NNc1ccc([N+](=O)[O-])cc1C(=O)NCc1ncn[nH]1. The van der Waals surface area contributed by atoms with Crippen LogP contribution in [0.3, 0.4) is 0 Å². The maximum atomic E-state index is 12.0. The lowest BCUT2D eigenvalue weighted by Gasteiger charge is -2.08. The maximum absolute atomic E-state index is 12.0. The lowest BCUT2D eigenvalue weighted by atomic mass is 10.1. The molecule has 2 aromatic rings. The minimum atomic E-state index is -0.590. The number of rotatable bonds is 5. The summed E-state index contributed by atoms with van der Waals surface area (Å²) in [7, 11) is 0. The number of non-ortho nitro benzene ring substituents is 1. The fraction of sp³-hybridized carbons (Fsp3) is 0.100. The van der Waals surface area contributed by atoms with Crippen molar-refractivity contribution >= 4 is 17.3 Å². The van der Waals surface area contributed by atoms with Gasteiger partial charge in [-0.3, -0.25) is 25.9 Å². The Bertz CT molecular complexity index is 626. The van der Waals surface area contributed by atoms with E-state index < -0.39 is 10.8 Å². The summed E-state index contributed by atoms with van der Waals surface area (Å²) in [6.07, 6.45) is 1.31. The molecule has 0 spiro atoms. The molecule has 5 N–H and O–H groups in total. The van der Waals surface area contributed by atoms with Crippen molar-refractivity contribution in [1.29, 1.82) is 0 Å². The summed E-state index contributed by atoms with van der Waals surface area (Å²) in [6, 6.07) is 3.76. The van der Waals surface area contributed by atoms with Crippen LogP contribution >= 0.6 is 0 Å². The van der Waals surface area contributed by atoms with Gasteiger partial charge in [0.15, 0.2) is 0 Å². The Morgan fingerprint density at radius 3 is 2.90 bits per heavy atom. The Labute approximate surface area is 112 Å². The topological polar surface area (TPSA) is 152 Å². The van der Waals surface area contributed by atoms with E-state index in [-0.39, 0.29) is 23.5 Å². The number of hydrogen-bond acceptors (Lipinski definition) is 7. The van der Waals surface area contributed by atoms with Gasteiger partial charge in [-0.2, -0.15) is 5.10 Å². The third kappa shape index (κ3) is 2.87. The largest absolute Gasteiger partial charge is 0.345 e. The number of nitrogens with two attached hydrogens (primary N) is 1. The number of benzene rings is 1. The van der Waals surface area contributed by atoms with Crippen molar-refractivity contribution < 1.29 is 9.72 Å². The standard InChI is InChI=1S/C10H11N7O3/c11-15-8-2-1-6(17(19)20)3-7(8)10(18)12-4-9-13-5-14-16-9/h1-3,5,15H,4,11H2,(H,12,18)(H,13,14,16). The molecule has 0 aliphatic rings. The van der Waals surface area contributed by atoms with E-state index in [1.807, 2.05) is 0 Å². The first-order valence-electron chi connectivity index (χ1n) is 5.49. The molecule has 1 aromatic carbocycles. The summed E-state index contributed by atoms with van der Waals surface area (Å²) in [4.78, 5) is 26.0. The Morgan fingerprint density at radius 2 is 2.30 bits per heavy atom. The minimum Gasteiger partial charge on any atom is -0.345 e. The Kier molecular flexibility index (Phi) is 3.86. The molecule has 0 atom stereocenters. The predicted octanol–water partition coefficient (Wildman–Crippen LogP) is -0.0715. The van der Waals surface area contributed by atoms with E-state index in [9.17, 15) is 14.9 Å². The molecule has 2 rings (SSSR count). The molecule has 1 amide bonds. The number of nitrogens with zero attached hydrogens (tertiary/aromatic N) is 3. The van der Waals surface area contributed by atoms with Crippen LogP contribution in [0.25, 0.3) is 0 Å². The molecule has 10 nitrogen and oxygen atoms in total. The van der Waals surface area contributed by atoms with Crippen molar-refractivity contribution in [1.82, 2.24) is 20.5 Å². The summed E-state index contributed by atoms with van der Waals surface area (Å²) in [5.74, 6) is 5.23. The van der Waals surface area contributed by atoms with Crippen LogP contribution in [0.1, 0.15) is 16.2 Å². The highest BCUT2D eigenvalue weighted by molar-refractivity contribution is 6.00. The van der Waals surface area contributed by atoms with E-state index in [0.717, 1.165) is 6.07 Å². The Morgan fingerprint density at radius 1 is 1.50 bits per heavy atom. The number of nitrogen functional groups attached to an aromatic ring is 1. The van der Waals surface area contributed by atoms with E-state index >= 15 is 0 Å². The molecular formula is C10H11N7O3. The van der Waals surface area contributed by atoms with Crippen LogP contribution in [0.2, 0.25) is 0 Å². The van der Waals surface area contributed by atoms with Gasteiger partial charge >= 0.3 is 0 Å². The molecule has 20 heavy (non-hydrogen) atoms. The van der Waals surface area contributed by atoms with Crippen molar-refractivity contribution in [2.75, 3.05) is 5.43 Å². The van der Waals surface area contributed by atoms with Gasteiger partial charge in [0.25, 0.3) is 11.6 Å². The van der Waals surface area contributed by atoms with Gasteiger partial charge < -0.3 is 10.7 Å². The van der Waals surface area contributed by atoms with E-state index in [4.69, 9.17) is 5.84 Å². The number of aromatic amines is 1. The normalized spacial score (nSPS) is 10.1. The monoisotopic (exact) mass is 277 g/mol. The van der Waals surface area contributed by atoms with Crippen molar-refractivity contribution in [3.63, 3.8) is 0 Å². The zero-order valence-electron chi connectivity index (χ0n) is 10.2. The third-order valence-corrected chi connectivity index (χ3v) is 2.50. The summed E-state index contributed by atoms with van der Waals surface area (Å²) in [6.45, 7) is 0.117. The van der Waals surface area contributed by atoms with Gasteiger partial charge in [-0.15, -0.1) is 0 Å².